The Morgan fingerprint density at radius 3 is 2.52 bits per heavy atom. The first-order chi connectivity index (χ1) is 12.7. The van der Waals surface area contributed by atoms with Gasteiger partial charge in [-0.3, -0.25) is 4.79 Å². The lowest BCUT2D eigenvalue weighted by molar-refractivity contribution is -0.117. The van der Waals surface area contributed by atoms with Gasteiger partial charge >= 0.3 is 0 Å². The third kappa shape index (κ3) is 5.31. The predicted octanol–water partition coefficient (Wildman–Crippen LogP) is 4.21. The molecule has 1 aromatic rings. The van der Waals surface area contributed by atoms with Gasteiger partial charge in [-0.25, -0.2) is 9.98 Å². The lowest BCUT2D eigenvalue weighted by Crippen LogP contribution is -2.30. The van der Waals surface area contributed by atoms with Crippen molar-refractivity contribution in [2.75, 3.05) is 0 Å². The fraction of sp³-hybridized carbons (Fsp3) is 0.571. The molecule has 0 bridgehead atoms. The van der Waals surface area contributed by atoms with E-state index in [-0.39, 0.29) is 23.9 Å². The molecule has 2 rings (SSSR count). The molecule has 0 unspecified atom stereocenters. The van der Waals surface area contributed by atoms with Crippen LogP contribution in [0.3, 0.4) is 0 Å². The Labute approximate surface area is 162 Å². The van der Waals surface area contributed by atoms with E-state index < -0.39 is 0 Å². The van der Waals surface area contributed by atoms with Crippen molar-refractivity contribution in [3.05, 3.63) is 40.4 Å². The van der Waals surface area contributed by atoms with E-state index in [4.69, 9.17) is 4.42 Å². The van der Waals surface area contributed by atoms with Crippen molar-refractivity contribution in [2.45, 2.75) is 78.8 Å². The van der Waals surface area contributed by atoms with Crippen molar-refractivity contribution in [3.8, 4) is 0 Å². The summed E-state index contributed by atoms with van der Waals surface area (Å²) >= 11 is 0. The van der Waals surface area contributed by atoms with Crippen LogP contribution in [0.5, 0.6) is 0 Å². The number of carbonyl (C=O) groups is 1. The summed E-state index contributed by atoms with van der Waals surface area (Å²) in [5, 5.41) is 6.38. The highest BCUT2D eigenvalue weighted by molar-refractivity contribution is 5.98. The maximum absolute atomic E-state index is 12.9. The molecule has 0 saturated heterocycles. The van der Waals surface area contributed by atoms with Gasteiger partial charge in [-0.05, 0) is 46.8 Å². The Balaban J connectivity index is 2.19. The number of nitrogens with one attached hydrogen (secondary N) is 2. The maximum atomic E-state index is 12.9. The van der Waals surface area contributed by atoms with E-state index in [2.05, 4.69) is 34.3 Å². The van der Waals surface area contributed by atoms with Gasteiger partial charge < -0.3 is 15.1 Å². The van der Waals surface area contributed by atoms with Gasteiger partial charge in [0.25, 0.3) is 5.91 Å². The number of rotatable bonds is 9. The minimum atomic E-state index is -0.153. The molecule has 0 aliphatic heterocycles. The molecule has 1 aromatic heterocycles. The SMILES string of the molecule is C=N/C(NC1(C)CC1)=C(\CC)C(C(=O)NCc1ncc(C(C)C)o1)=C(C)C. The van der Waals surface area contributed by atoms with E-state index in [9.17, 15) is 4.79 Å². The summed E-state index contributed by atoms with van der Waals surface area (Å²) in [6.07, 6.45) is 4.59. The second-order valence-corrected chi connectivity index (χ2v) is 7.89. The molecule has 0 spiro atoms. The molecule has 27 heavy (non-hydrogen) atoms. The van der Waals surface area contributed by atoms with Crippen LogP contribution in [0.4, 0.5) is 0 Å². The van der Waals surface area contributed by atoms with Gasteiger partial charge in [0.1, 0.15) is 11.6 Å². The number of allylic oxidation sites excluding steroid dienone is 1. The molecular formula is C21H32N4O2. The third-order valence-electron chi connectivity index (χ3n) is 4.79. The standard InChI is InChI=1S/C21H32N4O2/c1-8-15(19(22-7)25-21(6)9-10-21)18(14(4)5)20(26)24-12-17-23-11-16(27-17)13(2)3/h11,13,25H,7-10,12H2,1-6H3,(H,24,26)/b19-15-. The van der Waals surface area contributed by atoms with Crippen LogP contribution >= 0.6 is 0 Å². The van der Waals surface area contributed by atoms with E-state index in [0.29, 0.717) is 23.7 Å². The molecule has 0 atom stereocenters. The predicted molar refractivity (Wildman–Crippen MR) is 108 cm³/mol. The van der Waals surface area contributed by atoms with Crippen LogP contribution in [0, 0.1) is 0 Å². The average Bonchev–Trinajstić information content (AvgIpc) is 3.15. The van der Waals surface area contributed by atoms with Crippen molar-refractivity contribution in [3.63, 3.8) is 0 Å². The number of hydrogen-bond donors (Lipinski definition) is 2. The largest absolute Gasteiger partial charge is 0.444 e. The van der Waals surface area contributed by atoms with Crippen molar-refractivity contribution in [2.24, 2.45) is 4.99 Å². The summed E-state index contributed by atoms with van der Waals surface area (Å²) in [5.74, 6) is 2.13. The Morgan fingerprint density at radius 2 is 2.07 bits per heavy atom. The van der Waals surface area contributed by atoms with E-state index in [1.807, 2.05) is 34.6 Å². The molecule has 1 aliphatic rings. The Morgan fingerprint density at radius 1 is 1.41 bits per heavy atom. The van der Waals surface area contributed by atoms with Gasteiger partial charge in [-0.2, -0.15) is 0 Å². The normalized spacial score (nSPS) is 15.8. The number of nitrogens with zero attached hydrogens (tertiary/aromatic N) is 2. The first-order valence-corrected chi connectivity index (χ1v) is 9.59. The zero-order chi connectivity index (χ0) is 20.2. The first kappa shape index (κ1) is 20.9. The van der Waals surface area contributed by atoms with Crippen LogP contribution in [0.1, 0.15) is 78.4 Å². The lowest BCUT2D eigenvalue weighted by atomic mass is 9.97. The topological polar surface area (TPSA) is 79.5 Å². The minimum Gasteiger partial charge on any atom is -0.444 e. The molecule has 0 aromatic carbocycles. The van der Waals surface area contributed by atoms with Crippen LogP contribution < -0.4 is 10.6 Å². The molecule has 1 aliphatic carbocycles. The van der Waals surface area contributed by atoms with Gasteiger partial charge in [-0.15, -0.1) is 0 Å². The summed E-state index contributed by atoms with van der Waals surface area (Å²) in [4.78, 5) is 21.4. The summed E-state index contributed by atoms with van der Waals surface area (Å²) in [6, 6.07) is 0. The second-order valence-electron chi connectivity index (χ2n) is 7.89. The fourth-order valence-electron chi connectivity index (χ4n) is 2.85. The summed E-state index contributed by atoms with van der Waals surface area (Å²) in [7, 11) is 0. The van der Waals surface area contributed by atoms with Gasteiger partial charge in [0.05, 0.1) is 12.7 Å². The number of oxazole rings is 1. The van der Waals surface area contributed by atoms with Gasteiger partial charge in [0.15, 0.2) is 0 Å². The van der Waals surface area contributed by atoms with E-state index in [1.165, 1.54) is 0 Å². The second kappa shape index (κ2) is 8.55. The van der Waals surface area contributed by atoms with Crippen LogP contribution in [-0.4, -0.2) is 23.1 Å². The molecule has 6 heteroatoms. The Kier molecular flexibility index (Phi) is 6.63. The average molecular weight is 373 g/mol. The van der Waals surface area contributed by atoms with Crippen LogP contribution in [0.15, 0.2) is 38.1 Å². The maximum Gasteiger partial charge on any atom is 0.252 e. The van der Waals surface area contributed by atoms with Crippen LogP contribution in [0.2, 0.25) is 0 Å². The van der Waals surface area contributed by atoms with Gasteiger partial charge in [0.2, 0.25) is 5.89 Å². The number of amides is 1. The molecule has 1 heterocycles. The van der Waals surface area contributed by atoms with E-state index >= 15 is 0 Å². The fourth-order valence-corrected chi connectivity index (χ4v) is 2.85. The van der Waals surface area contributed by atoms with E-state index in [1.54, 1.807) is 6.20 Å². The smallest absolute Gasteiger partial charge is 0.252 e. The summed E-state index contributed by atoms with van der Waals surface area (Å²) in [6.45, 7) is 16.1. The molecule has 1 saturated carbocycles. The molecule has 2 N–H and O–H groups in total. The quantitative estimate of drug-likeness (QED) is 0.386. The summed E-state index contributed by atoms with van der Waals surface area (Å²) in [5.41, 5.74) is 2.52. The molecule has 148 valence electrons. The number of aliphatic imine (C=N–C) groups is 1. The third-order valence-corrected chi connectivity index (χ3v) is 4.79. The van der Waals surface area contributed by atoms with Crippen LogP contribution in [-0.2, 0) is 11.3 Å². The van der Waals surface area contributed by atoms with E-state index in [0.717, 1.165) is 29.7 Å². The monoisotopic (exact) mass is 372 g/mol. The van der Waals surface area contributed by atoms with Crippen molar-refractivity contribution >= 4 is 12.6 Å². The van der Waals surface area contributed by atoms with Crippen molar-refractivity contribution in [1.82, 2.24) is 15.6 Å². The highest BCUT2D eigenvalue weighted by atomic mass is 16.4. The molecule has 1 amide bonds. The number of hydrogen-bond acceptors (Lipinski definition) is 5. The zero-order valence-electron chi connectivity index (χ0n) is 17.4. The van der Waals surface area contributed by atoms with Crippen molar-refractivity contribution in [1.29, 1.82) is 0 Å². The molecule has 0 radical (unpaired) electrons. The molecule has 6 nitrogen and oxygen atoms in total. The number of carbonyl (C=O) groups excluding carboxylic acids is 1. The van der Waals surface area contributed by atoms with Crippen LogP contribution in [0.25, 0.3) is 0 Å². The minimum absolute atomic E-state index is 0.0610. The lowest BCUT2D eigenvalue weighted by Gasteiger charge is -2.20. The number of aromatic nitrogens is 1. The zero-order valence-corrected chi connectivity index (χ0v) is 17.4. The Hall–Kier alpha value is -2.37. The van der Waals surface area contributed by atoms with Gasteiger partial charge in [-0.1, -0.05) is 26.3 Å². The van der Waals surface area contributed by atoms with Gasteiger partial charge in [0, 0.05) is 22.6 Å². The first-order valence-electron chi connectivity index (χ1n) is 9.59. The van der Waals surface area contributed by atoms with Crippen molar-refractivity contribution < 1.29 is 9.21 Å². The Bertz CT molecular complexity index is 763. The highest BCUT2D eigenvalue weighted by Crippen LogP contribution is 2.36. The molecule has 1 fully saturated rings. The molecular weight excluding hydrogens is 340 g/mol. The summed E-state index contributed by atoms with van der Waals surface area (Å²) < 4.78 is 5.67. The highest BCUT2D eigenvalue weighted by Gasteiger charge is 2.38.